The van der Waals surface area contributed by atoms with E-state index in [1.165, 1.54) is 5.56 Å². The fourth-order valence-electron chi connectivity index (χ4n) is 3.11. The summed E-state index contributed by atoms with van der Waals surface area (Å²) >= 11 is 0. The van der Waals surface area contributed by atoms with Crippen LogP contribution < -0.4 is 4.90 Å². The number of benzene rings is 2. The molecule has 0 radical (unpaired) electrons. The van der Waals surface area contributed by atoms with Crippen LogP contribution in [0.15, 0.2) is 48.5 Å². The molecule has 4 rings (SSSR count). The molecule has 2 aliphatic rings. The van der Waals surface area contributed by atoms with Gasteiger partial charge >= 0.3 is 0 Å². The highest BCUT2D eigenvalue weighted by Crippen LogP contribution is 2.45. The lowest BCUT2D eigenvalue weighted by Crippen LogP contribution is -2.40. The monoisotopic (exact) mass is 295 g/mol. The number of aryl methyl sites for hydroxylation is 1. The Balaban J connectivity index is 1.74. The van der Waals surface area contributed by atoms with Crippen molar-refractivity contribution in [2.24, 2.45) is 0 Å². The molecule has 4 nitrogen and oxygen atoms in total. The maximum atomic E-state index is 12.9. The Bertz CT molecular complexity index is 717. The molecule has 1 fully saturated rings. The largest absolute Gasteiger partial charge is 0.336 e. The molecule has 0 unspecified atom stereocenters. The molecule has 2 aromatic carbocycles. The Morgan fingerprint density at radius 1 is 1.05 bits per heavy atom. The number of anilines is 1. The van der Waals surface area contributed by atoms with Crippen molar-refractivity contribution >= 4 is 11.6 Å². The summed E-state index contributed by atoms with van der Waals surface area (Å²) in [6.45, 7) is 3.46. The second-order valence-corrected chi connectivity index (χ2v) is 5.71. The quantitative estimate of drug-likeness (QED) is 0.855. The number of ether oxygens (including phenoxy) is 2. The van der Waals surface area contributed by atoms with Gasteiger partial charge in [0, 0.05) is 5.56 Å². The van der Waals surface area contributed by atoms with Crippen molar-refractivity contribution in [3.63, 3.8) is 0 Å². The fraction of sp³-hybridized carbons (Fsp3) is 0.278. The number of nitrogens with zero attached hydrogens (tertiary/aromatic N) is 1. The number of hydrogen-bond acceptors (Lipinski definition) is 3. The van der Waals surface area contributed by atoms with Crippen molar-refractivity contribution in [2.45, 2.75) is 19.3 Å². The minimum atomic E-state index is -1.23. The van der Waals surface area contributed by atoms with E-state index < -0.39 is 5.79 Å². The first-order valence-electron chi connectivity index (χ1n) is 7.46. The summed E-state index contributed by atoms with van der Waals surface area (Å²) in [4.78, 5) is 14.7. The molecule has 0 bridgehead atoms. The van der Waals surface area contributed by atoms with Crippen molar-refractivity contribution in [1.82, 2.24) is 0 Å². The number of carbonyl (C=O) groups excluding carboxylic acids is 1. The zero-order valence-electron chi connectivity index (χ0n) is 12.4. The molecule has 0 N–H and O–H groups in total. The topological polar surface area (TPSA) is 38.8 Å². The van der Waals surface area contributed by atoms with Crippen LogP contribution in [0.2, 0.25) is 0 Å². The van der Waals surface area contributed by atoms with Gasteiger partial charge in [0.25, 0.3) is 11.7 Å². The SMILES string of the molecule is Cc1ccc(CN2C(=O)C3(OCCO3)c3ccccc32)cc1. The second kappa shape index (κ2) is 4.93. The molecule has 2 aromatic rings. The Morgan fingerprint density at radius 3 is 2.45 bits per heavy atom. The highest BCUT2D eigenvalue weighted by Gasteiger charge is 2.55. The lowest BCUT2D eigenvalue weighted by molar-refractivity contribution is -0.180. The maximum absolute atomic E-state index is 12.9. The van der Waals surface area contributed by atoms with Crippen LogP contribution in [0.1, 0.15) is 16.7 Å². The third kappa shape index (κ3) is 1.88. The Kier molecular flexibility index (Phi) is 3.03. The Morgan fingerprint density at radius 2 is 1.73 bits per heavy atom. The number of rotatable bonds is 2. The van der Waals surface area contributed by atoms with Gasteiger partial charge in [-0.2, -0.15) is 0 Å². The van der Waals surface area contributed by atoms with Gasteiger partial charge in [-0.15, -0.1) is 0 Å². The Hall–Kier alpha value is -2.17. The Labute approximate surface area is 129 Å². The molecule has 1 amide bonds. The molecule has 22 heavy (non-hydrogen) atoms. The van der Waals surface area contributed by atoms with Gasteiger partial charge in [-0.25, -0.2) is 0 Å². The number of fused-ring (bicyclic) bond motifs is 2. The standard InChI is InChI=1S/C18H17NO3/c1-13-6-8-14(9-7-13)12-19-16-5-3-2-4-15(16)18(17(19)20)21-10-11-22-18/h2-9H,10-12H2,1H3. The fourth-order valence-corrected chi connectivity index (χ4v) is 3.11. The van der Waals surface area contributed by atoms with Crippen LogP contribution in [0.5, 0.6) is 0 Å². The first-order valence-corrected chi connectivity index (χ1v) is 7.46. The lowest BCUT2D eigenvalue weighted by atomic mass is 10.1. The molecule has 0 saturated carbocycles. The molecule has 0 aliphatic carbocycles. The van der Waals surface area contributed by atoms with Crippen molar-refractivity contribution in [3.8, 4) is 0 Å². The second-order valence-electron chi connectivity index (χ2n) is 5.71. The third-order valence-electron chi connectivity index (χ3n) is 4.23. The van der Waals surface area contributed by atoms with Gasteiger partial charge < -0.3 is 14.4 Å². The van der Waals surface area contributed by atoms with Gasteiger partial charge in [0.2, 0.25) is 0 Å². The van der Waals surface area contributed by atoms with Gasteiger partial charge in [0.1, 0.15) is 0 Å². The van der Waals surface area contributed by atoms with Crippen LogP contribution in [0.4, 0.5) is 5.69 Å². The van der Waals surface area contributed by atoms with E-state index in [-0.39, 0.29) is 5.91 Å². The summed E-state index contributed by atoms with van der Waals surface area (Å²) in [5, 5.41) is 0. The predicted molar refractivity (Wildman–Crippen MR) is 82.4 cm³/mol. The molecule has 0 aromatic heterocycles. The smallest absolute Gasteiger partial charge is 0.292 e. The maximum Gasteiger partial charge on any atom is 0.292 e. The van der Waals surface area contributed by atoms with Crippen molar-refractivity contribution in [2.75, 3.05) is 18.1 Å². The highest BCUT2D eigenvalue weighted by atomic mass is 16.7. The molecule has 0 atom stereocenters. The van der Waals surface area contributed by atoms with Gasteiger partial charge in [0.15, 0.2) is 0 Å². The van der Waals surface area contributed by atoms with Crippen LogP contribution in [-0.4, -0.2) is 19.1 Å². The average Bonchev–Trinajstić information content (AvgIpc) is 3.11. The first kappa shape index (κ1) is 13.5. The molecule has 1 saturated heterocycles. The third-order valence-corrected chi connectivity index (χ3v) is 4.23. The van der Waals surface area contributed by atoms with Crippen LogP contribution >= 0.6 is 0 Å². The minimum absolute atomic E-state index is 0.133. The average molecular weight is 295 g/mol. The van der Waals surface area contributed by atoms with Crippen molar-refractivity contribution < 1.29 is 14.3 Å². The van der Waals surface area contributed by atoms with Gasteiger partial charge in [-0.1, -0.05) is 48.0 Å². The number of para-hydroxylation sites is 1. The minimum Gasteiger partial charge on any atom is -0.336 e. The normalized spacial score (nSPS) is 19.0. The summed E-state index contributed by atoms with van der Waals surface area (Å²) in [5.41, 5.74) is 3.97. The van der Waals surface area contributed by atoms with E-state index >= 15 is 0 Å². The molecule has 4 heteroatoms. The molecular weight excluding hydrogens is 278 g/mol. The van der Waals surface area contributed by atoms with E-state index in [9.17, 15) is 4.79 Å². The summed E-state index contributed by atoms with van der Waals surface area (Å²) in [6.07, 6.45) is 0. The number of hydrogen-bond donors (Lipinski definition) is 0. The van der Waals surface area contributed by atoms with E-state index in [1.807, 2.05) is 36.4 Å². The van der Waals surface area contributed by atoms with E-state index in [2.05, 4.69) is 19.1 Å². The zero-order valence-corrected chi connectivity index (χ0v) is 12.4. The van der Waals surface area contributed by atoms with Gasteiger partial charge in [-0.05, 0) is 18.6 Å². The molecule has 1 spiro atoms. The predicted octanol–water partition coefficient (Wildman–Crippen LogP) is 2.74. The molecule has 2 aliphatic heterocycles. The summed E-state index contributed by atoms with van der Waals surface area (Å²) < 4.78 is 11.4. The summed E-state index contributed by atoms with van der Waals surface area (Å²) in [6, 6.07) is 15.9. The van der Waals surface area contributed by atoms with Crippen LogP contribution in [0, 0.1) is 6.92 Å². The van der Waals surface area contributed by atoms with Crippen LogP contribution in [-0.2, 0) is 26.6 Å². The molecular formula is C18H17NO3. The van der Waals surface area contributed by atoms with Gasteiger partial charge in [-0.3, -0.25) is 4.79 Å². The number of carbonyl (C=O) groups is 1. The zero-order chi connectivity index (χ0) is 15.2. The first-order chi connectivity index (χ1) is 10.7. The summed E-state index contributed by atoms with van der Waals surface area (Å²) in [7, 11) is 0. The van der Waals surface area contributed by atoms with E-state index in [4.69, 9.17) is 9.47 Å². The molecule has 112 valence electrons. The molecule has 2 heterocycles. The van der Waals surface area contributed by atoms with E-state index in [1.54, 1.807) is 4.90 Å². The van der Waals surface area contributed by atoms with Crippen molar-refractivity contribution in [1.29, 1.82) is 0 Å². The van der Waals surface area contributed by atoms with Crippen LogP contribution in [0.3, 0.4) is 0 Å². The number of amides is 1. The summed E-state index contributed by atoms with van der Waals surface area (Å²) in [5.74, 6) is -1.37. The highest BCUT2D eigenvalue weighted by molar-refractivity contribution is 6.06. The lowest BCUT2D eigenvalue weighted by Gasteiger charge is -2.22. The van der Waals surface area contributed by atoms with E-state index in [0.717, 1.165) is 16.8 Å². The van der Waals surface area contributed by atoms with Crippen LogP contribution in [0.25, 0.3) is 0 Å². The van der Waals surface area contributed by atoms with Crippen molar-refractivity contribution in [3.05, 3.63) is 65.2 Å². The van der Waals surface area contributed by atoms with E-state index in [0.29, 0.717) is 19.8 Å². The van der Waals surface area contributed by atoms with Gasteiger partial charge in [0.05, 0.1) is 25.4 Å².